The molecule has 5 heteroatoms. The molecule has 0 bridgehead atoms. The molecule has 1 aromatic rings. The quantitative estimate of drug-likeness (QED) is 0.836. The molecule has 4 atom stereocenters. The Hall–Kier alpha value is -1.36. The summed E-state index contributed by atoms with van der Waals surface area (Å²) in [6, 6.07) is 0.598. The highest BCUT2D eigenvalue weighted by Crippen LogP contribution is 2.31. The summed E-state index contributed by atoms with van der Waals surface area (Å²) < 4.78 is 2.13. The summed E-state index contributed by atoms with van der Waals surface area (Å²) in [6.45, 7) is 0. The van der Waals surface area contributed by atoms with Gasteiger partial charge < -0.3 is 15.6 Å². The third-order valence-electron chi connectivity index (χ3n) is 5.12. The van der Waals surface area contributed by atoms with Crippen LogP contribution in [0.1, 0.15) is 57.4 Å². The molecule has 21 heavy (non-hydrogen) atoms. The number of hydrogen-bond donors (Lipinski definition) is 2. The largest absolute Gasteiger partial charge is 0.351 e. The van der Waals surface area contributed by atoms with Gasteiger partial charge in [0.2, 0.25) is 5.91 Å². The maximum atomic E-state index is 12.6. The molecule has 0 aromatic carbocycles. The van der Waals surface area contributed by atoms with Crippen molar-refractivity contribution in [3.63, 3.8) is 0 Å². The molecule has 4 unspecified atom stereocenters. The smallest absolute Gasteiger partial charge is 0.224 e. The average molecular weight is 290 g/mol. The van der Waals surface area contributed by atoms with Crippen LogP contribution in [0.25, 0.3) is 0 Å². The van der Waals surface area contributed by atoms with Gasteiger partial charge in [-0.15, -0.1) is 0 Å². The number of imidazole rings is 1. The lowest BCUT2D eigenvalue weighted by Gasteiger charge is -2.26. The van der Waals surface area contributed by atoms with Crippen molar-refractivity contribution >= 4 is 5.91 Å². The number of nitrogens with one attached hydrogen (secondary N) is 1. The zero-order chi connectivity index (χ0) is 14.7. The number of rotatable bonds is 3. The normalized spacial score (nSPS) is 33.6. The minimum Gasteiger partial charge on any atom is -0.351 e. The predicted octanol–water partition coefficient (Wildman–Crippen LogP) is 2.00. The van der Waals surface area contributed by atoms with E-state index < -0.39 is 0 Å². The van der Waals surface area contributed by atoms with E-state index in [9.17, 15) is 4.79 Å². The van der Waals surface area contributed by atoms with Gasteiger partial charge in [-0.1, -0.05) is 19.3 Å². The third kappa shape index (κ3) is 3.28. The average Bonchev–Trinajstić information content (AvgIpc) is 3.08. The van der Waals surface area contributed by atoms with Crippen LogP contribution in [0, 0.1) is 5.92 Å². The Bertz CT molecular complexity index is 459. The predicted molar refractivity (Wildman–Crippen MR) is 81.6 cm³/mol. The Morgan fingerprint density at radius 2 is 2.00 bits per heavy atom. The van der Waals surface area contributed by atoms with Crippen LogP contribution in [-0.2, 0) is 4.79 Å². The number of nitrogens with zero attached hydrogens (tertiary/aromatic N) is 2. The van der Waals surface area contributed by atoms with Crippen LogP contribution in [0.4, 0.5) is 0 Å². The third-order valence-corrected chi connectivity index (χ3v) is 5.12. The van der Waals surface area contributed by atoms with Gasteiger partial charge in [-0.25, -0.2) is 4.98 Å². The molecular formula is C16H26N4O. The van der Waals surface area contributed by atoms with E-state index in [1.807, 2.05) is 12.5 Å². The highest BCUT2D eigenvalue weighted by atomic mass is 16.2. The van der Waals surface area contributed by atoms with Gasteiger partial charge >= 0.3 is 0 Å². The highest BCUT2D eigenvalue weighted by molar-refractivity contribution is 5.79. The number of carbonyl (C=O) groups excluding carboxylic acids is 1. The van der Waals surface area contributed by atoms with Crippen LogP contribution >= 0.6 is 0 Å². The van der Waals surface area contributed by atoms with E-state index >= 15 is 0 Å². The molecule has 0 aliphatic heterocycles. The minimum absolute atomic E-state index is 0.00321. The second kappa shape index (κ2) is 6.60. The molecule has 2 fully saturated rings. The number of carbonyl (C=O) groups is 1. The highest BCUT2D eigenvalue weighted by Gasteiger charge is 2.33. The molecule has 1 amide bonds. The fourth-order valence-corrected chi connectivity index (χ4v) is 3.88. The minimum atomic E-state index is -0.00321. The monoisotopic (exact) mass is 290 g/mol. The Balaban J connectivity index is 1.63. The van der Waals surface area contributed by atoms with Crippen molar-refractivity contribution in [1.29, 1.82) is 0 Å². The molecular weight excluding hydrogens is 264 g/mol. The molecule has 0 radical (unpaired) electrons. The lowest BCUT2D eigenvalue weighted by atomic mass is 9.94. The van der Waals surface area contributed by atoms with Crippen LogP contribution in [-0.4, -0.2) is 27.5 Å². The molecule has 0 saturated heterocycles. The van der Waals surface area contributed by atoms with Crippen molar-refractivity contribution < 1.29 is 4.79 Å². The molecule has 2 aliphatic carbocycles. The topological polar surface area (TPSA) is 72.9 Å². The fourth-order valence-electron chi connectivity index (χ4n) is 3.88. The number of nitrogens with two attached hydrogens (primary N) is 1. The summed E-state index contributed by atoms with van der Waals surface area (Å²) in [6.07, 6.45) is 14.4. The molecule has 2 saturated carbocycles. The van der Waals surface area contributed by atoms with Gasteiger partial charge in [0.15, 0.2) is 0 Å². The molecule has 1 aromatic heterocycles. The first-order valence-corrected chi connectivity index (χ1v) is 8.29. The zero-order valence-electron chi connectivity index (χ0n) is 12.6. The van der Waals surface area contributed by atoms with Gasteiger partial charge in [0.25, 0.3) is 0 Å². The first-order chi connectivity index (χ1) is 10.3. The molecule has 1 heterocycles. The lowest BCUT2D eigenvalue weighted by molar-refractivity contribution is -0.126. The second-order valence-corrected chi connectivity index (χ2v) is 6.53. The SMILES string of the molecule is NC1CCCCCC1C(=O)NC1CCCC1n1ccnc1. The van der Waals surface area contributed by atoms with E-state index in [2.05, 4.69) is 14.9 Å². The summed E-state index contributed by atoms with van der Waals surface area (Å²) in [4.78, 5) is 16.7. The molecule has 0 spiro atoms. The first-order valence-electron chi connectivity index (χ1n) is 8.29. The zero-order valence-corrected chi connectivity index (χ0v) is 12.6. The number of aromatic nitrogens is 2. The molecule has 116 valence electrons. The number of hydrogen-bond acceptors (Lipinski definition) is 3. The Morgan fingerprint density at radius 3 is 2.81 bits per heavy atom. The van der Waals surface area contributed by atoms with Crippen LogP contribution in [0.3, 0.4) is 0 Å². The van der Waals surface area contributed by atoms with Crippen molar-refractivity contribution in [1.82, 2.24) is 14.9 Å². The van der Waals surface area contributed by atoms with Crippen molar-refractivity contribution in [2.24, 2.45) is 11.7 Å². The fraction of sp³-hybridized carbons (Fsp3) is 0.750. The van der Waals surface area contributed by atoms with Crippen molar-refractivity contribution in [3.05, 3.63) is 18.7 Å². The Labute approximate surface area is 126 Å². The van der Waals surface area contributed by atoms with E-state index in [1.54, 1.807) is 6.20 Å². The van der Waals surface area contributed by atoms with Gasteiger partial charge in [-0.3, -0.25) is 4.79 Å². The standard InChI is InChI=1S/C16H26N4O/c17-13-6-3-1-2-5-12(13)16(21)19-14-7-4-8-15(14)20-10-9-18-11-20/h9-15H,1-8,17H2,(H,19,21). The summed E-state index contributed by atoms with van der Waals surface area (Å²) in [5.74, 6) is 0.165. The summed E-state index contributed by atoms with van der Waals surface area (Å²) >= 11 is 0. The van der Waals surface area contributed by atoms with Crippen LogP contribution in [0.2, 0.25) is 0 Å². The van der Waals surface area contributed by atoms with Gasteiger partial charge in [-0.05, 0) is 32.1 Å². The van der Waals surface area contributed by atoms with Crippen LogP contribution in [0.5, 0.6) is 0 Å². The van der Waals surface area contributed by atoms with E-state index in [0.717, 1.165) is 44.9 Å². The van der Waals surface area contributed by atoms with Gasteiger partial charge in [0.1, 0.15) is 0 Å². The van der Waals surface area contributed by atoms with E-state index in [-0.39, 0.29) is 23.9 Å². The van der Waals surface area contributed by atoms with Crippen molar-refractivity contribution in [2.75, 3.05) is 0 Å². The van der Waals surface area contributed by atoms with Gasteiger partial charge in [-0.2, -0.15) is 0 Å². The lowest BCUT2D eigenvalue weighted by Crippen LogP contribution is -2.46. The van der Waals surface area contributed by atoms with Crippen molar-refractivity contribution in [2.45, 2.75) is 69.5 Å². The molecule has 3 rings (SSSR count). The van der Waals surface area contributed by atoms with E-state index in [1.165, 1.54) is 6.42 Å². The maximum absolute atomic E-state index is 12.6. The molecule has 3 N–H and O–H groups in total. The van der Waals surface area contributed by atoms with E-state index in [0.29, 0.717) is 6.04 Å². The van der Waals surface area contributed by atoms with E-state index in [4.69, 9.17) is 5.73 Å². The van der Waals surface area contributed by atoms with Crippen LogP contribution < -0.4 is 11.1 Å². The summed E-state index contributed by atoms with van der Waals surface area (Å²) in [5, 5.41) is 3.28. The Kier molecular flexibility index (Phi) is 4.58. The van der Waals surface area contributed by atoms with Crippen LogP contribution in [0.15, 0.2) is 18.7 Å². The molecule has 2 aliphatic rings. The summed E-state index contributed by atoms with van der Waals surface area (Å²) in [5.41, 5.74) is 6.21. The number of amides is 1. The van der Waals surface area contributed by atoms with Gasteiger partial charge in [0, 0.05) is 24.5 Å². The second-order valence-electron chi connectivity index (χ2n) is 6.53. The Morgan fingerprint density at radius 1 is 1.14 bits per heavy atom. The molecule has 5 nitrogen and oxygen atoms in total. The van der Waals surface area contributed by atoms with Crippen molar-refractivity contribution in [3.8, 4) is 0 Å². The summed E-state index contributed by atoms with van der Waals surface area (Å²) in [7, 11) is 0. The first kappa shape index (κ1) is 14.6. The van der Waals surface area contributed by atoms with Gasteiger partial charge in [0.05, 0.1) is 18.3 Å². The maximum Gasteiger partial charge on any atom is 0.224 e.